The summed E-state index contributed by atoms with van der Waals surface area (Å²) in [4.78, 5) is 11.7. The Labute approximate surface area is 93.4 Å². The van der Waals surface area contributed by atoms with Gasteiger partial charge in [-0.05, 0) is 25.1 Å². The van der Waals surface area contributed by atoms with E-state index in [1.807, 2.05) is 13.0 Å². The fourth-order valence-electron chi connectivity index (χ4n) is 1.00. The van der Waals surface area contributed by atoms with E-state index in [-0.39, 0.29) is 6.10 Å². The molecule has 0 aliphatic heterocycles. The Morgan fingerprint density at radius 1 is 1.60 bits per heavy atom. The average molecular weight is 226 g/mol. The van der Waals surface area contributed by atoms with E-state index in [1.54, 1.807) is 37.1 Å². The van der Waals surface area contributed by atoms with Crippen LogP contribution in [-0.2, 0) is 4.74 Å². The van der Waals surface area contributed by atoms with Gasteiger partial charge in [-0.15, -0.1) is 11.8 Å². The molecule has 0 aliphatic rings. The molecule has 0 saturated carbocycles. The zero-order chi connectivity index (χ0) is 11.3. The summed E-state index contributed by atoms with van der Waals surface area (Å²) < 4.78 is 5.11. The van der Waals surface area contributed by atoms with E-state index in [1.165, 1.54) is 0 Å². The lowest BCUT2D eigenvalue weighted by Crippen LogP contribution is -2.07. The Bertz CT molecular complexity index is 338. The summed E-state index contributed by atoms with van der Waals surface area (Å²) >= 11 is 1.60. The maximum Gasteiger partial charge on any atom is 0.335 e. The monoisotopic (exact) mass is 226 g/mol. The van der Waals surface area contributed by atoms with Gasteiger partial charge in [0.25, 0.3) is 0 Å². The molecular weight excluding hydrogens is 212 g/mol. The summed E-state index contributed by atoms with van der Waals surface area (Å²) in [5.41, 5.74) is 0.324. The van der Waals surface area contributed by atoms with E-state index in [9.17, 15) is 4.79 Å². The summed E-state index contributed by atoms with van der Waals surface area (Å²) in [6.07, 6.45) is 0.170. The van der Waals surface area contributed by atoms with E-state index in [2.05, 4.69) is 0 Å². The lowest BCUT2D eigenvalue weighted by atomic mass is 10.2. The van der Waals surface area contributed by atoms with Crippen molar-refractivity contribution in [3.63, 3.8) is 0 Å². The van der Waals surface area contributed by atoms with Crippen LogP contribution in [0.1, 0.15) is 17.3 Å². The van der Waals surface area contributed by atoms with Gasteiger partial charge in [0.1, 0.15) is 0 Å². The molecule has 1 aromatic rings. The van der Waals surface area contributed by atoms with Crippen molar-refractivity contribution in [3.05, 3.63) is 29.8 Å². The topological polar surface area (TPSA) is 46.5 Å². The highest BCUT2D eigenvalue weighted by molar-refractivity contribution is 7.99. The molecule has 1 rings (SSSR count). The molecular formula is C11H14O3S. The fraction of sp³-hybridized carbons (Fsp3) is 0.364. The lowest BCUT2D eigenvalue weighted by molar-refractivity contribution is 0.0696. The van der Waals surface area contributed by atoms with Gasteiger partial charge in [0.2, 0.25) is 0 Å². The van der Waals surface area contributed by atoms with Crippen LogP contribution in [0.15, 0.2) is 29.2 Å². The molecule has 3 nitrogen and oxygen atoms in total. The van der Waals surface area contributed by atoms with Crippen molar-refractivity contribution < 1.29 is 14.6 Å². The Balaban J connectivity index is 2.62. The molecule has 1 atom stereocenters. The van der Waals surface area contributed by atoms with Crippen LogP contribution in [0.2, 0.25) is 0 Å². The first-order valence-corrected chi connectivity index (χ1v) is 5.61. The molecule has 1 aromatic carbocycles. The minimum Gasteiger partial charge on any atom is -0.478 e. The standard InChI is InChI=1S/C11H14O3S/c1-8(14-2)7-15-10-5-3-4-9(6-10)11(12)13/h3-6,8H,7H2,1-2H3,(H,12,13). The van der Waals surface area contributed by atoms with Crippen molar-refractivity contribution in [1.29, 1.82) is 0 Å². The van der Waals surface area contributed by atoms with E-state index in [0.717, 1.165) is 10.6 Å². The minimum atomic E-state index is -0.891. The van der Waals surface area contributed by atoms with Crippen LogP contribution in [0.4, 0.5) is 0 Å². The number of carbonyl (C=O) groups is 1. The summed E-state index contributed by atoms with van der Waals surface area (Å²) in [5.74, 6) is -0.0724. The van der Waals surface area contributed by atoms with Gasteiger partial charge in [-0.3, -0.25) is 0 Å². The number of ether oxygens (including phenoxy) is 1. The summed E-state index contributed by atoms with van der Waals surface area (Å²) in [5, 5.41) is 8.80. The molecule has 4 heteroatoms. The van der Waals surface area contributed by atoms with Gasteiger partial charge < -0.3 is 9.84 Å². The van der Waals surface area contributed by atoms with Crippen LogP contribution in [0.25, 0.3) is 0 Å². The molecule has 0 amide bonds. The number of aromatic carboxylic acids is 1. The maximum atomic E-state index is 10.7. The SMILES string of the molecule is COC(C)CSc1cccc(C(=O)O)c1. The predicted octanol–water partition coefficient (Wildman–Crippen LogP) is 2.51. The molecule has 0 spiro atoms. The molecule has 0 aromatic heterocycles. The molecule has 0 bridgehead atoms. The van der Waals surface area contributed by atoms with Crippen LogP contribution >= 0.6 is 11.8 Å². The first-order valence-electron chi connectivity index (χ1n) is 4.62. The number of hydrogen-bond donors (Lipinski definition) is 1. The van der Waals surface area contributed by atoms with Crippen LogP contribution in [0.3, 0.4) is 0 Å². The third-order valence-electron chi connectivity index (χ3n) is 1.97. The van der Waals surface area contributed by atoms with Crippen molar-refractivity contribution in [2.24, 2.45) is 0 Å². The van der Waals surface area contributed by atoms with Crippen molar-refractivity contribution >= 4 is 17.7 Å². The van der Waals surface area contributed by atoms with Gasteiger partial charge in [-0.2, -0.15) is 0 Å². The second kappa shape index (κ2) is 5.78. The van der Waals surface area contributed by atoms with Gasteiger partial charge in [0.15, 0.2) is 0 Å². The quantitative estimate of drug-likeness (QED) is 0.784. The van der Waals surface area contributed by atoms with Gasteiger partial charge in [-0.25, -0.2) is 4.79 Å². The normalized spacial score (nSPS) is 12.4. The first-order chi connectivity index (χ1) is 7.13. The highest BCUT2D eigenvalue weighted by Crippen LogP contribution is 2.20. The third-order valence-corrected chi connectivity index (χ3v) is 3.19. The largest absolute Gasteiger partial charge is 0.478 e. The number of rotatable bonds is 5. The number of benzene rings is 1. The first kappa shape index (κ1) is 12.1. The molecule has 0 radical (unpaired) electrons. The van der Waals surface area contributed by atoms with Crippen LogP contribution in [-0.4, -0.2) is 30.0 Å². The Kier molecular flexibility index (Phi) is 4.65. The predicted molar refractivity (Wildman–Crippen MR) is 60.6 cm³/mol. The highest BCUT2D eigenvalue weighted by Gasteiger charge is 2.05. The lowest BCUT2D eigenvalue weighted by Gasteiger charge is -2.08. The second-order valence-electron chi connectivity index (χ2n) is 3.19. The molecule has 82 valence electrons. The summed E-state index contributed by atoms with van der Waals surface area (Å²) in [7, 11) is 1.67. The molecule has 0 saturated heterocycles. The van der Waals surface area contributed by atoms with Crippen LogP contribution < -0.4 is 0 Å². The Hall–Kier alpha value is -1.00. The molecule has 1 unspecified atom stereocenters. The molecule has 0 fully saturated rings. The zero-order valence-electron chi connectivity index (χ0n) is 8.77. The smallest absolute Gasteiger partial charge is 0.335 e. The van der Waals surface area contributed by atoms with Gasteiger partial charge in [-0.1, -0.05) is 6.07 Å². The number of carboxylic acids is 1. The maximum absolute atomic E-state index is 10.7. The van der Waals surface area contributed by atoms with Crippen molar-refractivity contribution in [1.82, 2.24) is 0 Å². The molecule has 15 heavy (non-hydrogen) atoms. The Morgan fingerprint density at radius 2 is 2.33 bits per heavy atom. The van der Waals surface area contributed by atoms with Crippen molar-refractivity contribution in [2.45, 2.75) is 17.9 Å². The average Bonchev–Trinajstić information content (AvgIpc) is 2.26. The Morgan fingerprint density at radius 3 is 2.93 bits per heavy atom. The second-order valence-corrected chi connectivity index (χ2v) is 4.28. The van der Waals surface area contributed by atoms with Crippen molar-refractivity contribution in [3.8, 4) is 0 Å². The molecule has 1 N–H and O–H groups in total. The van der Waals surface area contributed by atoms with Crippen LogP contribution in [0, 0.1) is 0 Å². The van der Waals surface area contributed by atoms with Crippen LogP contribution in [0.5, 0.6) is 0 Å². The van der Waals surface area contributed by atoms with E-state index in [0.29, 0.717) is 5.56 Å². The minimum absolute atomic E-state index is 0.170. The highest BCUT2D eigenvalue weighted by atomic mass is 32.2. The molecule has 0 aliphatic carbocycles. The van der Waals surface area contributed by atoms with Gasteiger partial charge in [0, 0.05) is 17.8 Å². The van der Waals surface area contributed by atoms with Gasteiger partial charge in [0.05, 0.1) is 11.7 Å². The third kappa shape index (κ3) is 3.93. The number of thioether (sulfide) groups is 1. The van der Waals surface area contributed by atoms with E-state index < -0.39 is 5.97 Å². The summed E-state index contributed by atoms with van der Waals surface area (Å²) in [6, 6.07) is 6.92. The zero-order valence-corrected chi connectivity index (χ0v) is 9.58. The number of hydrogen-bond acceptors (Lipinski definition) is 3. The number of methoxy groups -OCH3 is 1. The number of carboxylic acid groups (broad SMARTS) is 1. The van der Waals surface area contributed by atoms with Gasteiger partial charge >= 0.3 is 5.97 Å². The van der Waals surface area contributed by atoms with Crippen molar-refractivity contribution in [2.75, 3.05) is 12.9 Å². The van der Waals surface area contributed by atoms with E-state index in [4.69, 9.17) is 9.84 Å². The molecule has 0 heterocycles. The van der Waals surface area contributed by atoms with E-state index >= 15 is 0 Å². The fourth-order valence-corrected chi connectivity index (χ4v) is 1.95. The summed E-state index contributed by atoms with van der Waals surface area (Å²) in [6.45, 7) is 1.98.